The van der Waals surface area contributed by atoms with Gasteiger partial charge >= 0.3 is 0 Å². The van der Waals surface area contributed by atoms with Crippen LogP contribution in [0.15, 0.2) is 0 Å². The van der Waals surface area contributed by atoms with Crippen molar-refractivity contribution in [2.75, 3.05) is 79.5 Å². The zero-order valence-electron chi connectivity index (χ0n) is 20.7. The maximum absolute atomic E-state index is 6.86. The highest BCUT2D eigenvalue weighted by atomic mass is 35.5. The molecule has 0 aromatic heterocycles. The van der Waals surface area contributed by atoms with E-state index in [0.29, 0.717) is 0 Å². The van der Waals surface area contributed by atoms with E-state index in [-0.39, 0.29) is 49.6 Å². The van der Waals surface area contributed by atoms with Gasteiger partial charge in [0.15, 0.2) is 16.6 Å². The van der Waals surface area contributed by atoms with Crippen LogP contribution in [0.3, 0.4) is 0 Å². The number of rotatable bonds is 10. The van der Waals surface area contributed by atoms with Crippen molar-refractivity contribution in [1.29, 1.82) is 0 Å². The van der Waals surface area contributed by atoms with Gasteiger partial charge in [-0.2, -0.15) is 0 Å². The molecule has 2 aliphatic rings. The van der Waals surface area contributed by atoms with E-state index in [0.717, 1.165) is 0 Å². The molecule has 0 bridgehead atoms. The number of hydrogen-bond donors (Lipinski definition) is 0. The molecule has 11 heteroatoms. The SMILES string of the molecule is CN1CCN(CCC[Si](C)(C)O[Si](C)(C)CCCN2CCN(C)CC2)CC1.Cl.Cl.Cl.Cl. The van der Waals surface area contributed by atoms with E-state index in [9.17, 15) is 0 Å². The molecule has 0 unspecified atom stereocenters. The second-order valence-electron chi connectivity index (χ2n) is 10.1. The molecule has 0 aromatic carbocycles. The molecule has 2 fully saturated rings. The van der Waals surface area contributed by atoms with Crippen molar-refractivity contribution in [3.05, 3.63) is 0 Å². The van der Waals surface area contributed by atoms with Crippen LogP contribution in [0, 0.1) is 0 Å². The topological polar surface area (TPSA) is 22.2 Å². The van der Waals surface area contributed by atoms with Gasteiger partial charge in [-0.25, -0.2) is 0 Å². The van der Waals surface area contributed by atoms with Crippen LogP contribution in [-0.2, 0) is 4.12 Å². The molecule has 31 heavy (non-hydrogen) atoms. The normalized spacial score (nSPS) is 19.5. The fourth-order valence-electron chi connectivity index (χ4n) is 4.45. The second-order valence-corrected chi connectivity index (χ2v) is 19.0. The maximum Gasteiger partial charge on any atom is 0.173 e. The molecular formula is C20H50Cl4N4OSi2. The number of piperazine rings is 2. The lowest BCUT2D eigenvalue weighted by Crippen LogP contribution is -2.47. The van der Waals surface area contributed by atoms with Gasteiger partial charge in [0.2, 0.25) is 0 Å². The lowest BCUT2D eigenvalue weighted by atomic mass is 10.3. The second kappa shape index (κ2) is 17.8. The van der Waals surface area contributed by atoms with Crippen LogP contribution < -0.4 is 0 Å². The van der Waals surface area contributed by atoms with E-state index >= 15 is 0 Å². The molecule has 2 rings (SSSR count). The van der Waals surface area contributed by atoms with Gasteiger partial charge in [-0.05, 0) is 78.3 Å². The lowest BCUT2D eigenvalue weighted by molar-refractivity contribution is 0.154. The Labute approximate surface area is 219 Å². The van der Waals surface area contributed by atoms with Crippen molar-refractivity contribution in [2.24, 2.45) is 0 Å². The van der Waals surface area contributed by atoms with Crippen LogP contribution in [0.2, 0.25) is 38.3 Å². The van der Waals surface area contributed by atoms with Crippen molar-refractivity contribution in [2.45, 2.75) is 51.1 Å². The summed E-state index contributed by atoms with van der Waals surface area (Å²) >= 11 is 0. The molecule has 0 amide bonds. The summed E-state index contributed by atoms with van der Waals surface area (Å²) in [6, 6.07) is 2.63. The van der Waals surface area contributed by atoms with Crippen molar-refractivity contribution >= 4 is 66.3 Å². The summed E-state index contributed by atoms with van der Waals surface area (Å²) < 4.78 is 6.86. The smallest absolute Gasteiger partial charge is 0.173 e. The monoisotopic (exact) mass is 558 g/mol. The molecule has 0 N–H and O–H groups in total. The molecule has 0 atom stereocenters. The Balaban J connectivity index is -0.00000196. The van der Waals surface area contributed by atoms with E-state index in [1.807, 2.05) is 0 Å². The summed E-state index contributed by atoms with van der Waals surface area (Å²) in [7, 11) is 1.41. The zero-order valence-corrected chi connectivity index (χ0v) is 26.0. The molecule has 2 heterocycles. The predicted octanol–water partition coefficient (Wildman–Crippen LogP) is 4.38. The first kappa shape index (κ1) is 37.0. The Morgan fingerprint density at radius 1 is 0.548 bits per heavy atom. The molecular weight excluding hydrogens is 510 g/mol. The van der Waals surface area contributed by atoms with Crippen LogP contribution in [0.4, 0.5) is 0 Å². The Kier molecular flexibility index (Phi) is 21.2. The Morgan fingerprint density at radius 2 is 0.839 bits per heavy atom. The average Bonchev–Trinajstić information content (AvgIpc) is 2.57. The summed E-state index contributed by atoms with van der Waals surface area (Å²) in [4.78, 5) is 10.2. The first-order chi connectivity index (χ1) is 12.7. The molecule has 0 saturated carbocycles. The van der Waals surface area contributed by atoms with Crippen LogP contribution in [0.5, 0.6) is 0 Å². The molecule has 2 saturated heterocycles. The fraction of sp³-hybridized carbons (Fsp3) is 1.00. The molecule has 0 spiro atoms. The van der Waals surface area contributed by atoms with Gasteiger partial charge in [-0.1, -0.05) is 0 Å². The van der Waals surface area contributed by atoms with E-state index in [2.05, 4.69) is 59.9 Å². The van der Waals surface area contributed by atoms with Gasteiger partial charge in [0.25, 0.3) is 0 Å². The van der Waals surface area contributed by atoms with Crippen LogP contribution in [-0.4, -0.2) is 116 Å². The minimum atomic E-state index is -1.53. The summed E-state index contributed by atoms with van der Waals surface area (Å²) in [6.07, 6.45) is 2.63. The van der Waals surface area contributed by atoms with Crippen LogP contribution in [0.1, 0.15) is 12.8 Å². The van der Waals surface area contributed by atoms with Crippen molar-refractivity contribution in [1.82, 2.24) is 19.6 Å². The molecule has 192 valence electrons. The van der Waals surface area contributed by atoms with Crippen LogP contribution >= 0.6 is 49.6 Å². The Hall–Kier alpha value is 1.39. The number of hydrogen-bond acceptors (Lipinski definition) is 5. The summed E-state index contributed by atoms with van der Waals surface area (Å²) in [6.45, 7) is 22.2. The minimum absolute atomic E-state index is 0. The average molecular weight is 561 g/mol. The maximum atomic E-state index is 6.86. The van der Waals surface area contributed by atoms with E-state index < -0.39 is 16.6 Å². The van der Waals surface area contributed by atoms with E-state index in [1.54, 1.807) is 0 Å². The summed E-state index contributed by atoms with van der Waals surface area (Å²) in [5.41, 5.74) is 0. The largest absolute Gasteiger partial charge is 0.455 e. The highest BCUT2D eigenvalue weighted by molar-refractivity contribution is 6.84. The summed E-state index contributed by atoms with van der Waals surface area (Å²) in [5.74, 6) is 0. The standard InChI is InChI=1S/C20H46N4OSi2.4ClH/c1-21-11-15-23(16-12-21)9-7-19-26(3,4)25-27(5,6)20-8-10-24-17-13-22(2)14-18-24;;;;/h7-20H2,1-6H3;4*1H. The molecule has 0 radical (unpaired) electrons. The lowest BCUT2D eigenvalue weighted by Gasteiger charge is -2.36. The Bertz CT molecular complexity index is 399. The van der Waals surface area contributed by atoms with Gasteiger partial charge in [0, 0.05) is 52.4 Å². The minimum Gasteiger partial charge on any atom is -0.455 e. The predicted molar refractivity (Wildman–Crippen MR) is 152 cm³/mol. The highest BCUT2D eigenvalue weighted by Crippen LogP contribution is 2.24. The fourth-order valence-corrected chi connectivity index (χ4v) is 13.3. The third-order valence-corrected chi connectivity index (χ3v) is 13.8. The third-order valence-electron chi connectivity index (χ3n) is 6.25. The molecule has 0 aromatic rings. The van der Waals surface area contributed by atoms with Gasteiger partial charge in [-0.15, -0.1) is 49.6 Å². The van der Waals surface area contributed by atoms with Crippen molar-refractivity contribution in [3.63, 3.8) is 0 Å². The van der Waals surface area contributed by atoms with Gasteiger partial charge in [0.1, 0.15) is 0 Å². The first-order valence-electron chi connectivity index (χ1n) is 11.2. The molecule has 5 nitrogen and oxygen atoms in total. The first-order valence-corrected chi connectivity index (χ1v) is 17.4. The van der Waals surface area contributed by atoms with E-state index in [4.69, 9.17) is 4.12 Å². The molecule has 2 aliphatic heterocycles. The quantitative estimate of drug-likeness (QED) is 0.369. The molecule has 0 aliphatic carbocycles. The number of nitrogens with zero attached hydrogens (tertiary/aromatic N) is 4. The highest BCUT2D eigenvalue weighted by Gasteiger charge is 2.32. The van der Waals surface area contributed by atoms with Gasteiger partial charge in [-0.3, -0.25) is 0 Å². The van der Waals surface area contributed by atoms with Gasteiger partial charge < -0.3 is 23.7 Å². The van der Waals surface area contributed by atoms with Gasteiger partial charge in [0.05, 0.1) is 0 Å². The van der Waals surface area contributed by atoms with Crippen LogP contribution in [0.25, 0.3) is 0 Å². The van der Waals surface area contributed by atoms with E-state index in [1.165, 1.54) is 90.4 Å². The summed E-state index contributed by atoms with van der Waals surface area (Å²) in [5, 5.41) is 0. The number of likely N-dealkylation sites (N-methyl/N-ethyl adjacent to an activating group) is 2. The van der Waals surface area contributed by atoms with Crippen molar-refractivity contribution in [3.8, 4) is 0 Å². The van der Waals surface area contributed by atoms with Crippen molar-refractivity contribution < 1.29 is 4.12 Å². The number of halogens is 4. The zero-order chi connectivity index (χ0) is 19.9. The Morgan fingerprint density at radius 3 is 1.13 bits per heavy atom. The third kappa shape index (κ3) is 15.8.